The van der Waals surface area contributed by atoms with Gasteiger partial charge in [0, 0.05) is 6.61 Å². The third-order valence-electron chi connectivity index (χ3n) is 2.66. The molecule has 0 spiro atoms. The van der Waals surface area contributed by atoms with Crippen LogP contribution in [0.25, 0.3) is 0 Å². The fourth-order valence-corrected chi connectivity index (χ4v) is 1.93. The zero-order valence-corrected chi connectivity index (χ0v) is 8.90. The van der Waals surface area contributed by atoms with Crippen molar-refractivity contribution in [1.82, 2.24) is 4.90 Å². The van der Waals surface area contributed by atoms with E-state index in [9.17, 15) is 0 Å². The van der Waals surface area contributed by atoms with Gasteiger partial charge in [-0.05, 0) is 33.4 Å². The molecule has 2 nitrogen and oxygen atoms in total. The molecule has 72 valence electrons. The van der Waals surface area contributed by atoms with Gasteiger partial charge in [-0.1, -0.05) is 18.5 Å². The van der Waals surface area contributed by atoms with Crippen molar-refractivity contribution in [1.29, 1.82) is 0 Å². The van der Waals surface area contributed by atoms with Crippen molar-refractivity contribution in [3.05, 3.63) is 0 Å². The highest BCUT2D eigenvalue weighted by molar-refractivity contribution is 6.24. The summed E-state index contributed by atoms with van der Waals surface area (Å²) in [5, 5.41) is 0. The van der Waals surface area contributed by atoms with Crippen LogP contribution in [0.2, 0.25) is 0 Å². The van der Waals surface area contributed by atoms with Crippen LogP contribution in [0.4, 0.5) is 0 Å². The summed E-state index contributed by atoms with van der Waals surface area (Å²) in [6.07, 6.45) is 3.37. The molecule has 1 aliphatic rings. The molecule has 1 aliphatic heterocycles. The van der Waals surface area contributed by atoms with Gasteiger partial charge < -0.3 is 4.74 Å². The molecule has 12 heavy (non-hydrogen) atoms. The van der Waals surface area contributed by atoms with Crippen molar-refractivity contribution in [3.63, 3.8) is 0 Å². The Morgan fingerprint density at radius 1 is 1.58 bits per heavy atom. The first-order chi connectivity index (χ1) is 5.61. The lowest BCUT2D eigenvalue weighted by atomic mass is 10.0. The molecular formula is C9H18ClNO. The molecule has 1 rings (SSSR count). The molecule has 0 aromatic heterocycles. The fraction of sp³-hybridized carbons (Fsp3) is 1.00. The first-order valence-corrected chi connectivity index (χ1v) is 4.97. The Hall–Kier alpha value is 0.210. The highest BCUT2D eigenvalue weighted by Crippen LogP contribution is 2.34. The summed E-state index contributed by atoms with van der Waals surface area (Å²) in [7, 11) is 4.02. The van der Waals surface area contributed by atoms with E-state index in [4.69, 9.17) is 16.3 Å². The molecule has 3 heteroatoms. The number of rotatable bonds is 3. The summed E-state index contributed by atoms with van der Waals surface area (Å²) in [5.41, 5.74) is 0. The standard InChI is InChI=1S/C9H18ClNO/c1-4-9(10,11(2)3)8-6-5-7-12-8/h8H,4-7H2,1-3H3. The van der Waals surface area contributed by atoms with Crippen molar-refractivity contribution in [2.45, 2.75) is 37.3 Å². The third kappa shape index (κ3) is 1.76. The lowest BCUT2D eigenvalue weighted by Crippen LogP contribution is -2.48. The quantitative estimate of drug-likeness (QED) is 0.500. The van der Waals surface area contributed by atoms with E-state index in [1.54, 1.807) is 0 Å². The Morgan fingerprint density at radius 3 is 2.58 bits per heavy atom. The molecule has 0 bridgehead atoms. The van der Waals surface area contributed by atoms with Gasteiger partial charge in [-0.25, -0.2) is 0 Å². The van der Waals surface area contributed by atoms with E-state index in [-0.39, 0.29) is 11.1 Å². The molecule has 1 heterocycles. The Morgan fingerprint density at radius 2 is 2.25 bits per heavy atom. The minimum atomic E-state index is -0.295. The predicted octanol–water partition coefficient (Wildman–Crippen LogP) is 2.07. The summed E-state index contributed by atoms with van der Waals surface area (Å²) < 4.78 is 5.60. The van der Waals surface area contributed by atoms with Gasteiger partial charge in [-0.15, -0.1) is 0 Å². The van der Waals surface area contributed by atoms with Gasteiger partial charge in [0.05, 0.1) is 6.10 Å². The maximum absolute atomic E-state index is 6.47. The highest BCUT2D eigenvalue weighted by atomic mass is 35.5. The van der Waals surface area contributed by atoms with E-state index in [1.165, 1.54) is 0 Å². The minimum absolute atomic E-state index is 0.208. The molecule has 0 aromatic carbocycles. The van der Waals surface area contributed by atoms with Crippen LogP contribution in [0.1, 0.15) is 26.2 Å². The highest BCUT2D eigenvalue weighted by Gasteiger charge is 2.39. The fourth-order valence-electron chi connectivity index (χ4n) is 1.76. The van der Waals surface area contributed by atoms with E-state index in [0.717, 1.165) is 25.9 Å². The van der Waals surface area contributed by atoms with E-state index in [1.807, 2.05) is 14.1 Å². The number of ether oxygens (including phenoxy) is 1. The van der Waals surface area contributed by atoms with Crippen LogP contribution in [0.5, 0.6) is 0 Å². The van der Waals surface area contributed by atoms with Crippen molar-refractivity contribution >= 4 is 11.6 Å². The summed E-state index contributed by atoms with van der Waals surface area (Å²) in [4.78, 5) is 1.76. The Bertz CT molecular complexity index is 145. The molecule has 0 aliphatic carbocycles. The summed E-state index contributed by atoms with van der Waals surface area (Å²) in [5.74, 6) is 0. The van der Waals surface area contributed by atoms with E-state index in [2.05, 4.69) is 11.8 Å². The van der Waals surface area contributed by atoms with Crippen LogP contribution < -0.4 is 0 Å². The van der Waals surface area contributed by atoms with Crippen molar-refractivity contribution in [2.24, 2.45) is 0 Å². The molecule has 1 fully saturated rings. The van der Waals surface area contributed by atoms with Gasteiger partial charge >= 0.3 is 0 Å². The number of alkyl halides is 1. The second-order valence-electron chi connectivity index (χ2n) is 3.57. The van der Waals surface area contributed by atoms with E-state index < -0.39 is 0 Å². The molecule has 0 aromatic rings. The lowest BCUT2D eigenvalue weighted by Gasteiger charge is -2.37. The van der Waals surface area contributed by atoms with Gasteiger partial charge in [0.1, 0.15) is 5.00 Å². The second-order valence-corrected chi connectivity index (χ2v) is 4.22. The molecule has 0 N–H and O–H groups in total. The maximum Gasteiger partial charge on any atom is 0.122 e. The van der Waals surface area contributed by atoms with E-state index in [0.29, 0.717) is 0 Å². The lowest BCUT2D eigenvalue weighted by molar-refractivity contribution is 0.0193. The molecule has 2 unspecified atom stereocenters. The summed E-state index contributed by atoms with van der Waals surface area (Å²) in [6, 6.07) is 0. The Kier molecular flexibility index (Phi) is 3.38. The van der Waals surface area contributed by atoms with Crippen LogP contribution in [0.15, 0.2) is 0 Å². The largest absolute Gasteiger partial charge is 0.375 e. The molecule has 2 atom stereocenters. The zero-order valence-electron chi connectivity index (χ0n) is 8.14. The van der Waals surface area contributed by atoms with Gasteiger partial charge in [-0.3, -0.25) is 4.90 Å². The Labute approximate surface area is 79.8 Å². The predicted molar refractivity (Wildman–Crippen MR) is 51.5 cm³/mol. The second kappa shape index (κ2) is 3.95. The van der Waals surface area contributed by atoms with Crippen LogP contribution in [0, 0.1) is 0 Å². The number of hydrogen-bond acceptors (Lipinski definition) is 2. The van der Waals surface area contributed by atoms with Crippen molar-refractivity contribution in [2.75, 3.05) is 20.7 Å². The number of nitrogens with zero attached hydrogens (tertiary/aromatic N) is 1. The summed E-state index contributed by atoms with van der Waals surface area (Å²) >= 11 is 6.47. The van der Waals surface area contributed by atoms with Gasteiger partial charge in [0.25, 0.3) is 0 Å². The monoisotopic (exact) mass is 191 g/mol. The molecular weight excluding hydrogens is 174 g/mol. The van der Waals surface area contributed by atoms with Crippen LogP contribution >= 0.6 is 11.6 Å². The number of halogens is 1. The normalized spacial score (nSPS) is 29.2. The Balaban J connectivity index is 2.64. The average Bonchev–Trinajstić information content (AvgIpc) is 2.54. The first kappa shape index (κ1) is 10.3. The average molecular weight is 192 g/mol. The SMILES string of the molecule is CCC(Cl)(C1CCCO1)N(C)C. The molecule has 0 radical (unpaired) electrons. The number of likely N-dealkylation sites (N-methyl/N-ethyl adjacent to an activating group) is 1. The van der Waals surface area contributed by atoms with Crippen LogP contribution in [-0.4, -0.2) is 36.7 Å². The van der Waals surface area contributed by atoms with Gasteiger partial charge in [0.15, 0.2) is 0 Å². The van der Waals surface area contributed by atoms with Gasteiger partial charge in [0.2, 0.25) is 0 Å². The molecule has 0 amide bonds. The third-order valence-corrected chi connectivity index (χ3v) is 3.51. The van der Waals surface area contributed by atoms with E-state index >= 15 is 0 Å². The maximum atomic E-state index is 6.47. The smallest absolute Gasteiger partial charge is 0.122 e. The van der Waals surface area contributed by atoms with Crippen LogP contribution in [-0.2, 0) is 4.74 Å². The molecule has 1 saturated heterocycles. The van der Waals surface area contributed by atoms with Crippen LogP contribution in [0.3, 0.4) is 0 Å². The summed E-state index contributed by atoms with van der Waals surface area (Å²) in [6.45, 7) is 2.97. The number of hydrogen-bond donors (Lipinski definition) is 0. The van der Waals surface area contributed by atoms with Crippen molar-refractivity contribution < 1.29 is 4.74 Å². The zero-order chi connectivity index (χ0) is 9.19. The minimum Gasteiger partial charge on any atom is -0.375 e. The topological polar surface area (TPSA) is 12.5 Å². The van der Waals surface area contributed by atoms with Gasteiger partial charge in [-0.2, -0.15) is 0 Å². The molecule has 0 saturated carbocycles. The van der Waals surface area contributed by atoms with Crippen molar-refractivity contribution in [3.8, 4) is 0 Å². The first-order valence-electron chi connectivity index (χ1n) is 4.59.